The van der Waals surface area contributed by atoms with Crippen molar-refractivity contribution in [2.24, 2.45) is 0 Å². The van der Waals surface area contributed by atoms with Crippen molar-refractivity contribution in [3.8, 4) is 5.75 Å². The molecular formula is C25H29N3O3. The van der Waals surface area contributed by atoms with Gasteiger partial charge in [0.15, 0.2) is 5.82 Å². The number of methoxy groups -OCH3 is 1. The van der Waals surface area contributed by atoms with Crippen LogP contribution in [0.25, 0.3) is 0 Å². The van der Waals surface area contributed by atoms with Crippen molar-refractivity contribution in [3.05, 3.63) is 76.9 Å². The van der Waals surface area contributed by atoms with E-state index in [0.29, 0.717) is 43.6 Å². The number of likely N-dealkylation sites (tertiary alicyclic amines) is 1. The molecule has 1 amide bonds. The Morgan fingerprint density at radius 2 is 1.77 bits per heavy atom. The molecule has 1 aliphatic rings. The molecule has 1 unspecified atom stereocenters. The molecule has 0 saturated carbocycles. The molecule has 3 aromatic rings. The normalized spacial score (nSPS) is 16.3. The third kappa shape index (κ3) is 5.13. The fraction of sp³-hybridized carbons (Fsp3) is 0.400. The molecule has 1 aliphatic heterocycles. The molecular weight excluding hydrogens is 390 g/mol. The van der Waals surface area contributed by atoms with Gasteiger partial charge in [0.1, 0.15) is 5.75 Å². The molecule has 6 heteroatoms. The van der Waals surface area contributed by atoms with Crippen LogP contribution in [-0.4, -0.2) is 34.6 Å². The van der Waals surface area contributed by atoms with E-state index in [2.05, 4.69) is 48.3 Å². The van der Waals surface area contributed by atoms with Gasteiger partial charge >= 0.3 is 0 Å². The average Bonchev–Trinajstić information content (AvgIpc) is 3.40. The Balaban J connectivity index is 1.33. The maximum absolute atomic E-state index is 12.5. The topological polar surface area (TPSA) is 68.5 Å². The third-order valence-corrected chi connectivity index (χ3v) is 5.87. The van der Waals surface area contributed by atoms with Crippen molar-refractivity contribution in [2.75, 3.05) is 13.7 Å². The van der Waals surface area contributed by atoms with E-state index in [1.807, 2.05) is 29.2 Å². The Morgan fingerprint density at radius 1 is 1.06 bits per heavy atom. The minimum atomic E-state index is -0.0130. The van der Waals surface area contributed by atoms with E-state index in [1.165, 1.54) is 11.1 Å². The summed E-state index contributed by atoms with van der Waals surface area (Å²) in [5.41, 5.74) is 3.64. The van der Waals surface area contributed by atoms with Crippen molar-refractivity contribution in [1.29, 1.82) is 0 Å². The van der Waals surface area contributed by atoms with Gasteiger partial charge in [-0.05, 0) is 41.2 Å². The third-order valence-electron chi connectivity index (χ3n) is 5.87. The first-order valence-electron chi connectivity index (χ1n) is 10.8. The molecule has 1 atom stereocenters. The van der Waals surface area contributed by atoms with E-state index in [1.54, 1.807) is 7.11 Å². The van der Waals surface area contributed by atoms with Crippen LogP contribution in [0.15, 0.2) is 53.1 Å². The van der Waals surface area contributed by atoms with Gasteiger partial charge < -0.3 is 14.2 Å². The lowest BCUT2D eigenvalue weighted by atomic mass is 10.0. The van der Waals surface area contributed by atoms with Gasteiger partial charge in [-0.25, -0.2) is 0 Å². The molecule has 2 heterocycles. The van der Waals surface area contributed by atoms with E-state index in [-0.39, 0.29) is 11.8 Å². The molecule has 0 aliphatic carbocycles. The smallest absolute Gasteiger partial charge is 0.226 e. The van der Waals surface area contributed by atoms with E-state index < -0.39 is 0 Å². The van der Waals surface area contributed by atoms with E-state index >= 15 is 0 Å². The Hall–Kier alpha value is -3.15. The molecule has 0 radical (unpaired) electrons. The van der Waals surface area contributed by atoms with Gasteiger partial charge in [0.05, 0.1) is 7.11 Å². The molecule has 6 nitrogen and oxygen atoms in total. The highest BCUT2D eigenvalue weighted by Gasteiger charge is 2.33. The van der Waals surface area contributed by atoms with Crippen LogP contribution in [0.4, 0.5) is 0 Å². The minimum absolute atomic E-state index is 0.0130. The van der Waals surface area contributed by atoms with Crippen LogP contribution < -0.4 is 4.74 Å². The zero-order valence-corrected chi connectivity index (χ0v) is 18.4. The molecule has 1 aromatic heterocycles. The number of hydrogen-bond donors (Lipinski definition) is 0. The summed E-state index contributed by atoms with van der Waals surface area (Å²) in [7, 11) is 1.66. The molecule has 162 valence electrons. The zero-order valence-electron chi connectivity index (χ0n) is 18.4. The first kappa shape index (κ1) is 21.1. The van der Waals surface area contributed by atoms with E-state index in [0.717, 1.165) is 17.7 Å². The van der Waals surface area contributed by atoms with Crippen LogP contribution in [0.1, 0.15) is 60.5 Å². The lowest BCUT2D eigenvalue weighted by Gasteiger charge is -2.16. The molecule has 1 fully saturated rings. The summed E-state index contributed by atoms with van der Waals surface area (Å²) in [6, 6.07) is 16.5. The molecule has 2 aromatic carbocycles. The first-order chi connectivity index (χ1) is 15.0. The SMILES string of the molecule is COc1ccc(CCc2nc(C3CC(=O)N(Cc4ccc(C(C)C)cc4)C3)no2)cc1. The number of carbonyl (C=O) groups is 1. The summed E-state index contributed by atoms with van der Waals surface area (Å²) in [5, 5.41) is 4.16. The number of ether oxygens (including phenoxy) is 1. The Bertz CT molecular complexity index is 1010. The highest BCUT2D eigenvalue weighted by Crippen LogP contribution is 2.28. The second kappa shape index (κ2) is 9.33. The summed E-state index contributed by atoms with van der Waals surface area (Å²) in [4.78, 5) is 19.0. The van der Waals surface area contributed by atoms with Crippen LogP contribution in [0, 0.1) is 0 Å². The van der Waals surface area contributed by atoms with Gasteiger partial charge in [0.2, 0.25) is 11.8 Å². The zero-order chi connectivity index (χ0) is 21.8. The molecule has 0 N–H and O–H groups in total. The summed E-state index contributed by atoms with van der Waals surface area (Å²) < 4.78 is 10.6. The number of carbonyl (C=O) groups excluding carboxylic acids is 1. The molecule has 0 spiro atoms. The molecule has 1 saturated heterocycles. The minimum Gasteiger partial charge on any atom is -0.497 e. The van der Waals surface area contributed by atoms with Crippen LogP contribution in [0.2, 0.25) is 0 Å². The second-order valence-corrected chi connectivity index (χ2v) is 8.47. The number of hydrogen-bond acceptors (Lipinski definition) is 5. The maximum atomic E-state index is 12.5. The highest BCUT2D eigenvalue weighted by atomic mass is 16.5. The maximum Gasteiger partial charge on any atom is 0.226 e. The van der Waals surface area contributed by atoms with Crippen LogP contribution in [0.5, 0.6) is 5.75 Å². The summed E-state index contributed by atoms with van der Waals surface area (Å²) in [6.07, 6.45) is 1.92. The van der Waals surface area contributed by atoms with Gasteiger partial charge in [0.25, 0.3) is 0 Å². The number of nitrogens with zero attached hydrogens (tertiary/aromatic N) is 3. The van der Waals surface area contributed by atoms with Gasteiger partial charge in [-0.1, -0.05) is 55.4 Å². The van der Waals surface area contributed by atoms with Crippen molar-refractivity contribution < 1.29 is 14.1 Å². The van der Waals surface area contributed by atoms with Crippen molar-refractivity contribution >= 4 is 5.91 Å². The lowest BCUT2D eigenvalue weighted by molar-refractivity contribution is -0.128. The van der Waals surface area contributed by atoms with E-state index in [9.17, 15) is 4.79 Å². The average molecular weight is 420 g/mol. The summed E-state index contributed by atoms with van der Waals surface area (Å²) >= 11 is 0. The van der Waals surface area contributed by atoms with Crippen LogP contribution >= 0.6 is 0 Å². The number of aryl methyl sites for hydroxylation is 2. The Morgan fingerprint density at radius 3 is 2.45 bits per heavy atom. The fourth-order valence-corrected chi connectivity index (χ4v) is 3.91. The Labute approximate surface area is 183 Å². The van der Waals surface area contributed by atoms with Crippen molar-refractivity contribution in [2.45, 2.75) is 51.5 Å². The van der Waals surface area contributed by atoms with Gasteiger partial charge in [-0.3, -0.25) is 4.79 Å². The fourth-order valence-electron chi connectivity index (χ4n) is 3.91. The molecule has 4 rings (SSSR count). The summed E-state index contributed by atoms with van der Waals surface area (Å²) in [6.45, 7) is 5.61. The number of amides is 1. The predicted molar refractivity (Wildman–Crippen MR) is 118 cm³/mol. The van der Waals surface area contributed by atoms with Gasteiger partial charge in [-0.15, -0.1) is 0 Å². The second-order valence-electron chi connectivity index (χ2n) is 8.47. The number of benzene rings is 2. The number of aromatic nitrogens is 2. The highest BCUT2D eigenvalue weighted by molar-refractivity contribution is 5.79. The lowest BCUT2D eigenvalue weighted by Crippen LogP contribution is -2.24. The van der Waals surface area contributed by atoms with E-state index in [4.69, 9.17) is 9.26 Å². The first-order valence-corrected chi connectivity index (χ1v) is 10.8. The van der Waals surface area contributed by atoms with Gasteiger partial charge in [-0.2, -0.15) is 4.98 Å². The number of rotatable bonds is 8. The van der Waals surface area contributed by atoms with Crippen LogP contribution in [0.3, 0.4) is 0 Å². The quantitative estimate of drug-likeness (QED) is 0.538. The summed E-state index contributed by atoms with van der Waals surface area (Å²) in [5.74, 6) is 2.72. The van der Waals surface area contributed by atoms with Crippen molar-refractivity contribution in [1.82, 2.24) is 15.0 Å². The van der Waals surface area contributed by atoms with Gasteiger partial charge in [0, 0.05) is 31.8 Å². The molecule has 31 heavy (non-hydrogen) atoms. The monoisotopic (exact) mass is 419 g/mol. The molecule has 0 bridgehead atoms. The largest absolute Gasteiger partial charge is 0.497 e. The standard InChI is InChI=1S/C25H29N3O3/c1-17(2)20-9-4-19(5-10-20)15-28-16-21(14-24(28)29)25-26-23(31-27-25)13-8-18-6-11-22(30-3)12-7-18/h4-7,9-12,17,21H,8,13-16H2,1-3H3. The predicted octanol–water partition coefficient (Wildman–Crippen LogP) is 4.50. The van der Waals surface area contributed by atoms with Crippen molar-refractivity contribution in [3.63, 3.8) is 0 Å². The Kier molecular flexibility index (Phi) is 6.35. The van der Waals surface area contributed by atoms with Crippen LogP contribution in [-0.2, 0) is 24.2 Å².